The Balaban J connectivity index is 2.51. The molecule has 14 heavy (non-hydrogen) atoms. The zero-order valence-corrected chi connectivity index (χ0v) is 8.01. The molecule has 1 aromatic carbocycles. The summed E-state index contributed by atoms with van der Waals surface area (Å²) in [6.45, 7) is 2.56. The fraction of sp³-hybridized carbons (Fsp3) is 0.200. The van der Waals surface area contributed by atoms with Crippen LogP contribution in [-0.4, -0.2) is 15.0 Å². The standard InChI is InChI=1S/C10H12N4/c1-8-2-3-9(7-11)6-10(8)14-12-4-5-13-14/h2-6H,7,11H2,1H3. The molecule has 0 unspecified atom stereocenters. The lowest BCUT2D eigenvalue weighted by molar-refractivity contribution is 0.745. The Kier molecular flexibility index (Phi) is 2.28. The predicted molar refractivity (Wildman–Crippen MR) is 54.0 cm³/mol. The molecular formula is C10H12N4. The monoisotopic (exact) mass is 188 g/mol. The molecule has 2 N–H and O–H groups in total. The van der Waals surface area contributed by atoms with Gasteiger partial charge in [0, 0.05) is 6.54 Å². The lowest BCUT2D eigenvalue weighted by Gasteiger charge is -2.06. The zero-order valence-electron chi connectivity index (χ0n) is 8.01. The maximum Gasteiger partial charge on any atom is 0.0888 e. The molecule has 72 valence electrons. The quantitative estimate of drug-likeness (QED) is 0.766. The minimum absolute atomic E-state index is 0.536. The van der Waals surface area contributed by atoms with Gasteiger partial charge in [0.25, 0.3) is 0 Å². The maximum absolute atomic E-state index is 5.57. The van der Waals surface area contributed by atoms with Gasteiger partial charge in [-0.3, -0.25) is 0 Å². The van der Waals surface area contributed by atoms with Gasteiger partial charge in [0.05, 0.1) is 18.1 Å². The normalized spacial score (nSPS) is 10.4. The van der Waals surface area contributed by atoms with E-state index in [0.29, 0.717) is 6.54 Å². The van der Waals surface area contributed by atoms with Gasteiger partial charge in [0.15, 0.2) is 0 Å². The van der Waals surface area contributed by atoms with Crippen molar-refractivity contribution in [2.24, 2.45) is 5.73 Å². The number of hydrogen-bond acceptors (Lipinski definition) is 3. The minimum atomic E-state index is 0.536. The van der Waals surface area contributed by atoms with E-state index in [-0.39, 0.29) is 0 Å². The molecule has 0 aliphatic heterocycles. The molecule has 0 spiro atoms. The smallest absolute Gasteiger partial charge is 0.0888 e. The number of rotatable bonds is 2. The highest BCUT2D eigenvalue weighted by Crippen LogP contribution is 2.13. The first-order valence-corrected chi connectivity index (χ1v) is 4.47. The fourth-order valence-corrected chi connectivity index (χ4v) is 1.34. The Morgan fingerprint density at radius 2 is 2.00 bits per heavy atom. The van der Waals surface area contributed by atoms with Crippen LogP contribution in [0.3, 0.4) is 0 Å². The zero-order chi connectivity index (χ0) is 9.97. The number of nitrogens with zero attached hydrogens (tertiary/aromatic N) is 3. The maximum atomic E-state index is 5.57. The van der Waals surface area contributed by atoms with Crippen molar-refractivity contribution in [2.45, 2.75) is 13.5 Å². The molecule has 0 radical (unpaired) electrons. The second-order valence-electron chi connectivity index (χ2n) is 3.14. The molecule has 0 saturated carbocycles. The van der Waals surface area contributed by atoms with Gasteiger partial charge in [0.2, 0.25) is 0 Å². The van der Waals surface area contributed by atoms with Crippen molar-refractivity contribution < 1.29 is 0 Å². The van der Waals surface area contributed by atoms with Crippen molar-refractivity contribution >= 4 is 0 Å². The molecule has 2 rings (SSSR count). The summed E-state index contributed by atoms with van der Waals surface area (Å²) < 4.78 is 0. The number of benzene rings is 1. The summed E-state index contributed by atoms with van der Waals surface area (Å²) in [7, 11) is 0. The molecule has 1 heterocycles. The molecule has 2 aromatic rings. The Bertz CT molecular complexity index is 420. The van der Waals surface area contributed by atoms with E-state index in [9.17, 15) is 0 Å². The average molecular weight is 188 g/mol. The van der Waals surface area contributed by atoms with Crippen molar-refractivity contribution in [2.75, 3.05) is 0 Å². The highest BCUT2D eigenvalue weighted by Gasteiger charge is 2.02. The summed E-state index contributed by atoms with van der Waals surface area (Å²) in [6.07, 6.45) is 3.32. The van der Waals surface area contributed by atoms with Crippen LogP contribution in [0.25, 0.3) is 5.69 Å². The van der Waals surface area contributed by atoms with Crippen molar-refractivity contribution in [3.63, 3.8) is 0 Å². The predicted octanol–water partition coefficient (Wildman–Crippen LogP) is 1.03. The fourth-order valence-electron chi connectivity index (χ4n) is 1.34. The van der Waals surface area contributed by atoms with E-state index >= 15 is 0 Å². The van der Waals surface area contributed by atoms with Crippen LogP contribution in [-0.2, 0) is 6.54 Å². The van der Waals surface area contributed by atoms with E-state index in [2.05, 4.69) is 10.2 Å². The highest BCUT2D eigenvalue weighted by atomic mass is 15.5. The van der Waals surface area contributed by atoms with Gasteiger partial charge in [-0.2, -0.15) is 15.0 Å². The van der Waals surface area contributed by atoms with Crippen LogP contribution in [0, 0.1) is 6.92 Å². The molecule has 0 bridgehead atoms. The first kappa shape index (κ1) is 8.90. The molecular weight excluding hydrogens is 176 g/mol. The largest absolute Gasteiger partial charge is 0.326 e. The summed E-state index contributed by atoms with van der Waals surface area (Å²) in [5.41, 5.74) is 8.78. The van der Waals surface area contributed by atoms with Crippen LogP contribution in [0.1, 0.15) is 11.1 Å². The van der Waals surface area contributed by atoms with Gasteiger partial charge < -0.3 is 5.73 Å². The summed E-state index contributed by atoms with van der Waals surface area (Å²) >= 11 is 0. The number of aromatic nitrogens is 3. The van der Waals surface area contributed by atoms with Crippen LogP contribution < -0.4 is 5.73 Å². The van der Waals surface area contributed by atoms with Crippen molar-refractivity contribution in [3.8, 4) is 5.69 Å². The van der Waals surface area contributed by atoms with Crippen molar-refractivity contribution in [3.05, 3.63) is 41.7 Å². The Hall–Kier alpha value is -1.68. The summed E-state index contributed by atoms with van der Waals surface area (Å²) in [5.74, 6) is 0. The van der Waals surface area contributed by atoms with Gasteiger partial charge in [-0.05, 0) is 24.1 Å². The van der Waals surface area contributed by atoms with E-state index in [0.717, 1.165) is 16.8 Å². The molecule has 0 amide bonds. The van der Waals surface area contributed by atoms with E-state index < -0.39 is 0 Å². The van der Waals surface area contributed by atoms with Gasteiger partial charge in [-0.1, -0.05) is 12.1 Å². The molecule has 0 saturated heterocycles. The first-order valence-electron chi connectivity index (χ1n) is 4.47. The van der Waals surface area contributed by atoms with Crippen molar-refractivity contribution in [1.29, 1.82) is 0 Å². The third-order valence-electron chi connectivity index (χ3n) is 2.14. The molecule has 0 aliphatic carbocycles. The summed E-state index contributed by atoms with van der Waals surface area (Å²) in [5, 5.41) is 8.17. The van der Waals surface area contributed by atoms with Gasteiger partial charge in [0.1, 0.15) is 0 Å². The van der Waals surface area contributed by atoms with Crippen LogP contribution in [0.2, 0.25) is 0 Å². The van der Waals surface area contributed by atoms with Gasteiger partial charge in [-0.25, -0.2) is 0 Å². The molecule has 4 heteroatoms. The minimum Gasteiger partial charge on any atom is -0.326 e. The average Bonchev–Trinajstić information content (AvgIpc) is 2.71. The second-order valence-corrected chi connectivity index (χ2v) is 3.14. The van der Waals surface area contributed by atoms with Gasteiger partial charge >= 0.3 is 0 Å². The van der Waals surface area contributed by atoms with E-state index in [1.807, 2.05) is 25.1 Å². The lowest BCUT2D eigenvalue weighted by Crippen LogP contribution is -2.04. The third kappa shape index (κ3) is 1.52. The molecule has 0 atom stereocenters. The summed E-state index contributed by atoms with van der Waals surface area (Å²) in [6, 6.07) is 6.05. The number of aryl methyl sites for hydroxylation is 1. The molecule has 1 aromatic heterocycles. The third-order valence-corrected chi connectivity index (χ3v) is 2.14. The van der Waals surface area contributed by atoms with E-state index in [1.54, 1.807) is 17.2 Å². The SMILES string of the molecule is Cc1ccc(CN)cc1-n1nccn1. The molecule has 0 aliphatic rings. The Morgan fingerprint density at radius 3 is 2.64 bits per heavy atom. The lowest BCUT2D eigenvalue weighted by atomic mass is 10.1. The van der Waals surface area contributed by atoms with Crippen LogP contribution in [0.15, 0.2) is 30.6 Å². The van der Waals surface area contributed by atoms with Crippen LogP contribution >= 0.6 is 0 Å². The highest BCUT2D eigenvalue weighted by molar-refractivity contribution is 5.41. The van der Waals surface area contributed by atoms with Crippen LogP contribution in [0.4, 0.5) is 0 Å². The summed E-state index contributed by atoms with van der Waals surface area (Å²) in [4.78, 5) is 1.61. The number of hydrogen-bond donors (Lipinski definition) is 1. The second kappa shape index (κ2) is 3.59. The molecule has 4 nitrogen and oxygen atoms in total. The van der Waals surface area contributed by atoms with Gasteiger partial charge in [-0.15, -0.1) is 0 Å². The number of nitrogens with two attached hydrogens (primary N) is 1. The van der Waals surface area contributed by atoms with Crippen molar-refractivity contribution in [1.82, 2.24) is 15.0 Å². The first-order chi connectivity index (χ1) is 6.81. The Labute approximate surface area is 82.4 Å². The molecule has 0 fully saturated rings. The van der Waals surface area contributed by atoms with Crippen LogP contribution in [0.5, 0.6) is 0 Å². The Morgan fingerprint density at radius 1 is 1.29 bits per heavy atom. The van der Waals surface area contributed by atoms with E-state index in [1.165, 1.54) is 0 Å². The van der Waals surface area contributed by atoms with E-state index in [4.69, 9.17) is 5.73 Å². The topological polar surface area (TPSA) is 56.7 Å².